The van der Waals surface area contributed by atoms with Gasteiger partial charge in [-0.2, -0.15) is 0 Å². The number of hydrogen-bond donors (Lipinski definition) is 0. The van der Waals surface area contributed by atoms with Gasteiger partial charge in [0.2, 0.25) is 0 Å². The molecule has 2 aromatic heterocycles. The second-order valence-corrected chi connectivity index (χ2v) is 6.30. The number of nitrogens with zero attached hydrogens (tertiary/aromatic N) is 2. The van der Waals surface area contributed by atoms with Crippen LogP contribution >= 0.6 is 0 Å². The average Bonchev–Trinajstić information content (AvgIpc) is 3.21. The van der Waals surface area contributed by atoms with E-state index in [2.05, 4.69) is 14.9 Å². The van der Waals surface area contributed by atoms with E-state index in [4.69, 9.17) is 13.7 Å². The number of ether oxygens (including phenoxy) is 2. The van der Waals surface area contributed by atoms with Gasteiger partial charge in [0.1, 0.15) is 23.8 Å². The largest absolute Gasteiger partial charge is 0.573 e. The summed E-state index contributed by atoms with van der Waals surface area (Å²) >= 11 is 0. The van der Waals surface area contributed by atoms with Crippen molar-refractivity contribution in [3.05, 3.63) is 59.8 Å². The summed E-state index contributed by atoms with van der Waals surface area (Å²) in [6.07, 6.45) is -4.73. The van der Waals surface area contributed by atoms with Crippen LogP contribution in [0.2, 0.25) is 0 Å². The molecule has 2 heterocycles. The van der Waals surface area contributed by atoms with Gasteiger partial charge in [-0.3, -0.25) is 0 Å². The molecular formula is C20H15F3N2O4. The van der Waals surface area contributed by atoms with Gasteiger partial charge in [-0.1, -0.05) is 18.2 Å². The van der Waals surface area contributed by atoms with E-state index >= 15 is 0 Å². The highest BCUT2D eigenvalue weighted by Gasteiger charge is 2.31. The fraction of sp³-hybridized carbons (Fsp3) is 0.200. The van der Waals surface area contributed by atoms with Gasteiger partial charge in [0.25, 0.3) is 5.88 Å². The molecule has 6 nitrogen and oxygen atoms in total. The molecule has 150 valence electrons. The Morgan fingerprint density at radius 2 is 1.72 bits per heavy atom. The zero-order valence-electron chi connectivity index (χ0n) is 15.4. The number of aromatic nitrogens is 2. The first-order chi connectivity index (χ1) is 13.8. The number of hydrogen-bond acceptors (Lipinski definition) is 6. The van der Waals surface area contributed by atoms with Crippen LogP contribution in [0, 0.1) is 13.8 Å². The summed E-state index contributed by atoms with van der Waals surface area (Å²) in [7, 11) is 0. The van der Waals surface area contributed by atoms with E-state index in [0.717, 1.165) is 5.56 Å². The predicted octanol–water partition coefficient (Wildman–Crippen LogP) is 5.58. The van der Waals surface area contributed by atoms with Gasteiger partial charge in [-0.25, -0.2) is 4.98 Å². The number of rotatable bonds is 5. The molecule has 4 rings (SSSR count). The van der Waals surface area contributed by atoms with Crippen molar-refractivity contribution in [2.45, 2.75) is 26.8 Å². The first-order valence-electron chi connectivity index (χ1n) is 8.60. The van der Waals surface area contributed by atoms with Crippen molar-refractivity contribution in [1.29, 1.82) is 0 Å². The molecular weight excluding hydrogens is 389 g/mol. The third-order valence-electron chi connectivity index (χ3n) is 4.20. The molecule has 0 spiro atoms. The Morgan fingerprint density at radius 3 is 2.38 bits per heavy atom. The van der Waals surface area contributed by atoms with Gasteiger partial charge in [0.05, 0.1) is 5.39 Å². The Kier molecular flexibility index (Phi) is 4.65. The van der Waals surface area contributed by atoms with Crippen LogP contribution in [-0.4, -0.2) is 16.5 Å². The second-order valence-electron chi connectivity index (χ2n) is 6.30. The van der Waals surface area contributed by atoms with E-state index in [1.165, 1.54) is 24.3 Å². The smallest absolute Gasteiger partial charge is 0.468 e. The Balaban J connectivity index is 1.57. The topological polar surface area (TPSA) is 70.5 Å². The van der Waals surface area contributed by atoms with Crippen molar-refractivity contribution in [2.24, 2.45) is 0 Å². The number of oxazole rings is 1. The molecule has 0 atom stereocenters. The molecule has 9 heteroatoms. The van der Waals surface area contributed by atoms with Crippen molar-refractivity contribution in [2.75, 3.05) is 0 Å². The highest BCUT2D eigenvalue weighted by molar-refractivity contribution is 5.87. The summed E-state index contributed by atoms with van der Waals surface area (Å²) in [4.78, 5) is 4.25. The lowest BCUT2D eigenvalue weighted by Gasteiger charge is -2.09. The lowest BCUT2D eigenvalue weighted by atomic mass is 10.0. The summed E-state index contributed by atoms with van der Waals surface area (Å²) < 4.78 is 57.2. The monoisotopic (exact) mass is 404 g/mol. The zero-order valence-corrected chi connectivity index (χ0v) is 15.4. The highest BCUT2D eigenvalue weighted by Crippen LogP contribution is 2.32. The maximum absolute atomic E-state index is 12.3. The third kappa shape index (κ3) is 4.18. The maximum Gasteiger partial charge on any atom is 0.573 e. The van der Waals surface area contributed by atoms with Crippen molar-refractivity contribution in [1.82, 2.24) is 10.1 Å². The molecule has 0 fully saturated rings. The normalized spacial score (nSPS) is 11.8. The van der Waals surface area contributed by atoms with Crippen molar-refractivity contribution in [3.8, 4) is 22.8 Å². The highest BCUT2D eigenvalue weighted by atomic mass is 19.4. The van der Waals surface area contributed by atoms with Gasteiger partial charge in [0, 0.05) is 6.92 Å². The molecule has 0 saturated carbocycles. The quantitative estimate of drug-likeness (QED) is 0.433. The molecule has 0 aliphatic heterocycles. The molecule has 0 saturated heterocycles. The predicted molar refractivity (Wildman–Crippen MR) is 96.4 cm³/mol. The average molecular weight is 404 g/mol. The van der Waals surface area contributed by atoms with Gasteiger partial charge in [-0.15, -0.1) is 13.2 Å². The van der Waals surface area contributed by atoms with Gasteiger partial charge in [0.15, 0.2) is 11.5 Å². The number of benzene rings is 2. The summed E-state index contributed by atoms with van der Waals surface area (Å²) in [5, 5.41) is 4.57. The van der Waals surface area contributed by atoms with E-state index in [0.29, 0.717) is 39.8 Å². The molecule has 0 amide bonds. The molecule has 0 N–H and O–H groups in total. The Morgan fingerprint density at radius 1 is 1.00 bits per heavy atom. The van der Waals surface area contributed by atoms with E-state index in [1.54, 1.807) is 32.0 Å². The summed E-state index contributed by atoms with van der Waals surface area (Å²) in [5.41, 5.74) is 2.65. The number of aryl methyl sites for hydroxylation is 2. The first-order valence-corrected chi connectivity index (χ1v) is 8.60. The second kappa shape index (κ2) is 7.16. The maximum atomic E-state index is 12.3. The minimum Gasteiger partial charge on any atom is -0.468 e. The van der Waals surface area contributed by atoms with Crippen LogP contribution in [-0.2, 0) is 6.61 Å². The van der Waals surface area contributed by atoms with E-state index < -0.39 is 6.36 Å². The van der Waals surface area contributed by atoms with Crippen LogP contribution in [0.5, 0.6) is 11.6 Å². The summed E-state index contributed by atoms with van der Waals surface area (Å²) in [5.74, 6) is 1.22. The van der Waals surface area contributed by atoms with Crippen molar-refractivity contribution < 1.29 is 31.6 Å². The van der Waals surface area contributed by atoms with Crippen LogP contribution in [0.15, 0.2) is 51.4 Å². The SMILES string of the molecule is Cc1nc(COc2noc3ccc(-c4ccc(OC(F)(F)F)cc4)cc23)c(C)o1. The molecule has 0 bridgehead atoms. The first kappa shape index (κ1) is 18.9. The van der Waals surface area contributed by atoms with E-state index in [1.807, 2.05) is 0 Å². The number of halogens is 3. The Labute approximate surface area is 162 Å². The Bertz CT molecular complexity index is 1150. The van der Waals surface area contributed by atoms with Crippen LogP contribution in [0.25, 0.3) is 22.1 Å². The molecule has 0 unspecified atom stereocenters. The molecule has 0 radical (unpaired) electrons. The van der Waals surface area contributed by atoms with Crippen LogP contribution in [0.3, 0.4) is 0 Å². The molecule has 0 aliphatic rings. The van der Waals surface area contributed by atoms with Gasteiger partial charge in [-0.05, 0) is 47.5 Å². The van der Waals surface area contributed by atoms with Crippen LogP contribution in [0.4, 0.5) is 13.2 Å². The molecule has 4 aromatic rings. The minimum absolute atomic E-state index is 0.165. The van der Waals surface area contributed by atoms with Gasteiger partial charge >= 0.3 is 6.36 Å². The summed E-state index contributed by atoms with van der Waals surface area (Å²) in [6, 6.07) is 10.9. The number of fused-ring (bicyclic) bond motifs is 1. The van der Waals surface area contributed by atoms with Gasteiger partial charge < -0.3 is 18.4 Å². The molecule has 29 heavy (non-hydrogen) atoms. The van der Waals surface area contributed by atoms with Crippen LogP contribution < -0.4 is 9.47 Å². The third-order valence-corrected chi connectivity index (χ3v) is 4.20. The lowest BCUT2D eigenvalue weighted by Crippen LogP contribution is -2.16. The fourth-order valence-corrected chi connectivity index (χ4v) is 2.89. The lowest BCUT2D eigenvalue weighted by molar-refractivity contribution is -0.274. The Hall–Kier alpha value is -3.49. The number of alkyl halides is 3. The molecule has 0 aliphatic carbocycles. The minimum atomic E-state index is -4.73. The zero-order chi connectivity index (χ0) is 20.6. The standard InChI is InChI=1S/C20H15F3N2O4/c1-11-17(24-12(2)27-11)10-26-19-16-9-14(5-8-18(16)29-25-19)13-3-6-15(7-4-13)28-20(21,22)23/h3-9H,10H2,1-2H3. The van der Waals surface area contributed by atoms with Crippen LogP contribution in [0.1, 0.15) is 17.3 Å². The van der Waals surface area contributed by atoms with E-state index in [-0.39, 0.29) is 12.4 Å². The summed E-state index contributed by atoms with van der Waals surface area (Å²) in [6.45, 7) is 3.71. The fourth-order valence-electron chi connectivity index (χ4n) is 2.89. The van der Waals surface area contributed by atoms with Crippen molar-refractivity contribution in [3.63, 3.8) is 0 Å². The van der Waals surface area contributed by atoms with Crippen molar-refractivity contribution >= 4 is 11.0 Å². The van der Waals surface area contributed by atoms with E-state index in [9.17, 15) is 13.2 Å². The molecule has 2 aromatic carbocycles.